The van der Waals surface area contributed by atoms with Crippen LogP contribution in [0, 0.1) is 5.92 Å². The summed E-state index contributed by atoms with van der Waals surface area (Å²) in [5.41, 5.74) is 1.82. The second kappa shape index (κ2) is 9.05. The molecule has 1 amide bonds. The predicted molar refractivity (Wildman–Crippen MR) is 134 cm³/mol. The molecule has 0 bridgehead atoms. The van der Waals surface area contributed by atoms with Gasteiger partial charge in [0.05, 0.1) is 18.0 Å². The molecular weight excluding hydrogens is 462 g/mol. The molecule has 2 atom stereocenters. The molecule has 2 unspecified atom stereocenters. The Labute approximate surface area is 208 Å². The van der Waals surface area contributed by atoms with Crippen molar-refractivity contribution in [3.8, 4) is 0 Å². The van der Waals surface area contributed by atoms with Gasteiger partial charge < -0.3 is 9.32 Å². The van der Waals surface area contributed by atoms with Crippen molar-refractivity contribution in [1.82, 2.24) is 9.21 Å². The van der Waals surface area contributed by atoms with Gasteiger partial charge in [-0.1, -0.05) is 6.92 Å². The number of benzene rings is 1. The molecule has 7 nitrogen and oxygen atoms in total. The molecule has 6 rings (SSSR count). The lowest BCUT2D eigenvalue weighted by Gasteiger charge is -2.32. The van der Waals surface area contributed by atoms with Crippen LogP contribution >= 0.6 is 0 Å². The zero-order valence-electron chi connectivity index (χ0n) is 20.5. The number of aryl methyl sites for hydroxylation is 1. The molecule has 0 N–H and O–H groups in total. The fraction of sp³-hybridized carbons (Fsp3) is 0.593. The van der Waals surface area contributed by atoms with Gasteiger partial charge in [-0.05, 0) is 86.8 Å². The maximum absolute atomic E-state index is 13.5. The first kappa shape index (κ1) is 23.3. The minimum atomic E-state index is -3.46. The van der Waals surface area contributed by atoms with Gasteiger partial charge in [0, 0.05) is 37.3 Å². The summed E-state index contributed by atoms with van der Waals surface area (Å²) in [5, 5.41) is 0. The van der Waals surface area contributed by atoms with Gasteiger partial charge in [-0.3, -0.25) is 9.69 Å². The van der Waals surface area contributed by atoms with E-state index in [1.807, 2.05) is 11.0 Å². The fourth-order valence-corrected chi connectivity index (χ4v) is 7.25. The van der Waals surface area contributed by atoms with Gasteiger partial charge in [0.25, 0.3) is 0 Å². The number of furan rings is 1. The molecule has 188 valence electrons. The third-order valence-electron chi connectivity index (χ3n) is 8.09. The van der Waals surface area contributed by atoms with Crippen LogP contribution in [0.2, 0.25) is 0 Å². The molecule has 1 aromatic heterocycles. The van der Waals surface area contributed by atoms with Crippen LogP contribution in [0.1, 0.15) is 68.5 Å². The highest BCUT2D eigenvalue weighted by molar-refractivity contribution is 7.89. The Balaban J connectivity index is 1.17. The maximum atomic E-state index is 13.5. The van der Waals surface area contributed by atoms with E-state index in [-0.39, 0.29) is 5.91 Å². The Hall–Kier alpha value is -2.16. The van der Waals surface area contributed by atoms with Crippen molar-refractivity contribution in [1.29, 1.82) is 0 Å². The van der Waals surface area contributed by atoms with Crippen molar-refractivity contribution < 1.29 is 17.6 Å². The van der Waals surface area contributed by atoms with Crippen LogP contribution in [0.15, 0.2) is 39.6 Å². The third kappa shape index (κ3) is 4.68. The zero-order valence-corrected chi connectivity index (χ0v) is 21.3. The van der Waals surface area contributed by atoms with Crippen molar-refractivity contribution in [2.24, 2.45) is 5.92 Å². The van der Waals surface area contributed by atoms with Crippen molar-refractivity contribution in [3.63, 3.8) is 0 Å². The monoisotopic (exact) mass is 497 g/mol. The van der Waals surface area contributed by atoms with Gasteiger partial charge in [0.15, 0.2) is 0 Å². The van der Waals surface area contributed by atoms with E-state index in [0.717, 1.165) is 61.3 Å². The average molecular weight is 498 g/mol. The predicted octanol–water partition coefficient (Wildman–Crippen LogP) is 4.13. The fourth-order valence-electron chi connectivity index (χ4n) is 5.68. The minimum Gasteiger partial charge on any atom is -0.464 e. The van der Waals surface area contributed by atoms with Crippen LogP contribution in [0.25, 0.3) is 0 Å². The normalized spacial score (nSPS) is 24.7. The number of anilines is 1. The Morgan fingerprint density at radius 1 is 1.09 bits per heavy atom. The van der Waals surface area contributed by atoms with Crippen LogP contribution in [-0.2, 0) is 27.8 Å². The highest BCUT2D eigenvalue weighted by atomic mass is 32.2. The van der Waals surface area contributed by atoms with Gasteiger partial charge in [0.2, 0.25) is 15.9 Å². The number of sulfonamides is 1. The van der Waals surface area contributed by atoms with Crippen molar-refractivity contribution in [2.75, 3.05) is 31.1 Å². The lowest BCUT2D eigenvalue weighted by atomic mass is 10.0. The molecule has 1 saturated heterocycles. The van der Waals surface area contributed by atoms with Crippen LogP contribution in [0.5, 0.6) is 0 Å². The second-order valence-corrected chi connectivity index (χ2v) is 12.7. The maximum Gasteiger partial charge on any atom is 0.243 e. The number of carbonyl (C=O) groups excluding carboxylic acids is 1. The zero-order chi connectivity index (χ0) is 24.2. The standard InChI is InChI=1S/C27H35N3O4S/c1-19-15-24(19)26-11-8-22(34-26)17-28(21-6-7-21)18-27(31)30-14-4-5-20-16-23(9-10-25(20)30)35(32,33)29-12-2-3-13-29/h8-11,16,19,21,24H,2-7,12-15,17-18H2,1H3. The third-order valence-corrected chi connectivity index (χ3v) is 9.99. The lowest BCUT2D eigenvalue weighted by Crippen LogP contribution is -2.43. The first-order chi connectivity index (χ1) is 16.9. The number of carbonyl (C=O) groups is 1. The van der Waals surface area contributed by atoms with Crippen LogP contribution in [0.3, 0.4) is 0 Å². The molecule has 2 aliphatic carbocycles. The van der Waals surface area contributed by atoms with Crippen LogP contribution in [0.4, 0.5) is 5.69 Å². The number of hydrogen-bond donors (Lipinski definition) is 0. The van der Waals surface area contributed by atoms with E-state index in [9.17, 15) is 13.2 Å². The molecule has 3 fully saturated rings. The molecule has 0 radical (unpaired) electrons. The van der Waals surface area contributed by atoms with Crippen molar-refractivity contribution >= 4 is 21.6 Å². The first-order valence-electron chi connectivity index (χ1n) is 13.2. The first-order valence-corrected chi connectivity index (χ1v) is 14.6. The van der Waals surface area contributed by atoms with E-state index in [4.69, 9.17) is 4.42 Å². The Morgan fingerprint density at radius 2 is 1.86 bits per heavy atom. The summed E-state index contributed by atoms with van der Waals surface area (Å²) in [6.45, 7) is 5.13. The summed E-state index contributed by atoms with van der Waals surface area (Å²) in [4.78, 5) is 17.9. The average Bonchev–Trinajstić information content (AvgIpc) is 3.70. The Bertz CT molecular complexity index is 1210. The molecule has 4 aliphatic rings. The second-order valence-electron chi connectivity index (χ2n) is 10.8. The molecule has 2 aromatic rings. The quantitative estimate of drug-likeness (QED) is 0.548. The topological polar surface area (TPSA) is 74.1 Å². The summed E-state index contributed by atoms with van der Waals surface area (Å²) in [6, 6.07) is 9.92. The van der Waals surface area contributed by atoms with E-state index in [1.54, 1.807) is 16.4 Å². The summed E-state index contributed by atoms with van der Waals surface area (Å²) >= 11 is 0. The molecule has 3 heterocycles. The number of fused-ring (bicyclic) bond motifs is 1. The number of amides is 1. The van der Waals surface area contributed by atoms with Crippen molar-refractivity contribution in [2.45, 2.75) is 75.3 Å². The number of hydrogen-bond acceptors (Lipinski definition) is 5. The summed E-state index contributed by atoms with van der Waals surface area (Å²) in [6.07, 6.45) is 6.92. The van der Waals surface area contributed by atoms with Gasteiger partial charge >= 0.3 is 0 Å². The van der Waals surface area contributed by atoms with E-state index in [1.165, 1.54) is 6.42 Å². The summed E-state index contributed by atoms with van der Waals surface area (Å²) in [7, 11) is -3.46. The van der Waals surface area contributed by atoms with Crippen LogP contribution in [-0.4, -0.2) is 55.8 Å². The van der Waals surface area contributed by atoms with Crippen molar-refractivity contribution in [3.05, 3.63) is 47.4 Å². The Morgan fingerprint density at radius 3 is 2.57 bits per heavy atom. The molecule has 2 aliphatic heterocycles. The Kier molecular flexibility index (Phi) is 6.01. The molecule has 2 saturated carbocycles. The lowest BCUT2D eigenvalue weighted by molar-refractivity contribution is -0.120. The van der Waals surface area contributed by atoms with Gasteiger partial charge in [-0.15, -0.1) is 0 Å². The molecular formula is C27H35N3O4S. The van der Waals surface area contributed by atoms with Gasteiger partial charge in [-0.2, -0.15) is 4.31 Å². The molecule has 35 heavy (non-hydrogen) atoms. The highest BCUT2D eigenvalue weighted by Gasteiger charge is 2.38. The largest absolute Gasteiger partial charge is 0.464 e. The molecule has 8 heteroatoms. The molecule has 0 spiro atoms. The highest BCUT2D eigenvalue weighted by Crippen LogP contribution is 2.47. The number of nitrogens with zero attached hydrogens (tertiary/aromatic N) is 3. The van der Waals surface area contributed by atoms with Gasteiger partial charge in [0.1, 0.15) is 11.5 Å². The van der Waals surface area contributed by atoms with E-state index in [2.05, 4.69) is 24.0 Å². The smallest absolute Gasteiger partial charge is 0.243 e. The summed E-state index contributed by atoms with van der Waals surface area (Å²) < 4.78 is 33.8. The van der Waals surface area contributed by atoms with E-state index >= 15 is 0 Å². The number of rotatable bonds is 8. The van der Waals surface area contributed by atoms with E-state index < -0.39 is 10.0 Å². The van der Waals surface area contributed by atoms with Crippen LogP contribution < -0.4 is 4.90 Å². The minimum absolute atomic E-state index is 0.0793. The SMILES string of the molecule is CC1CC1c1ccc(CN(CC(=O)N2CCCc3cc(S(=O)(=O)N4CCCC4)ccc32)C2CC2)o1. The summed E-state index contributed by atoms with van der Waals surface area (Å²) in [5.74, 6) is 3.37. The van der Waals surface area contributed by atoms with E-state index in [0.29, 0.717) is 55.5 Å². The molecule has 1 aromatic carbocycles. The van der Waals surface area contributed by atoms with Gasteiger partial charge in [-0.25, -0.2) is 8.42 Å².